The predicted molar refractivity (Wildman–Crippen MR) is 106 cm³/mol. The van der Waals surface area contributed by atoms with Crippen LogP contribution in [0.25, 0.3) is 0 Å². The number of carboxylic acids is 1. The Balaban J connectivity index is 1.65. The fourth-order valence-electron chi connectivity index (χ4n) is 2.95. The van der Waals surface area contributed by atoms with Crippen molar-refractivity contribution in [3.8, 4) is 5.75 Å². The van der Waals surface area contributed by atoms with Crippen LogP contribution in [-0.2, 0) is 13.1 Å². The molecule has 0 unspecified atom stereocenters. The smallest absolute Gasteiger partial charge is 0.339 e. The first-order chi connectivity index (χ1) is 13.2. The maximum absolute atomic E-state index is 11.3. The van der Waals surface area contributed by atoms with E-state index >= 15 is 0 Å². The third-order valence-corrected chi connectivity index (χ3v) is 4.28. The highest BCUT2D eigenvalue weighted by molar-refractivity contribution is 5.90. The second kappa shape index (κ2) is 9.55. The van der Waals surface area contributed by atoms with Crippen LogP contribution in [0.1, 0.15) is 21.5 Å². The maximum atomic E-state index is 11.3. The van der Waals surface area contributed by atoms with E-state index in [4.69, 9.17) is 4.74 Å². The molecule has 0 spiro atoms. The van der Waals surface area contributed by atoms with Crippen molar-refractivity contribution in [1.29, 1.82) is 0 Å². The summed E-state index contributed by atoms with van der Waals surface area (Å²) in [5.74, 6) is -0.569. The summed E-state index contributed by atoms with van der Waals surface area (Å²) in [6.45, 7) is 2.72. The molecule has 0 radical (unpaired) electrons. The van der Waals surface area contributed by atoms with Gasteiger partial charge in [0, 0.05) is 19.6 Å². The van der Waals surface area contributed by atoms with Crippen molar-refractivity contribution in [3.05, 3.63) is 102 Å². The van der Waals surface area contributed by atoms with Crippen molar-refractivity contribution in [2.24, 2.45) is 0 Å². The van der Waals surface area contributed by atoms with Gasteiger partial charge in [-0.1, -0.05) is 72.8 Å². The van der Waals surface area contributed by atoms with E-state index in [1.54, 1.807) is 24.3 Å². The molecule has 138 valence electrons. The van der Waals surface area contributed by atoms with Crippen LogP contribution in [0.2, 0.25) is 0 Å². The third kappa shape index (κ3) is 5.69. The summed E-state index contributed by atoms with van der Waals surface area (Å²) < 4.78 is 5.78. The summed E-state index contributed by atoms with van der Waals surface area (Å²) in [5, 5.41) is 9.27. The Hall–Kier alpha value is -3.11. The van der Waals surface area contributed by atoms with Crippen molar-refractivity contribution in [1.82, 2.24) is 4.90 Å². The lowest BCUT2D eigenvalue weighted by atomic mass is 10.1. The van der Waals surface area contributed by atoms with E-state index in [1.807, 2.05) is 36.4 Å². The molecule has 0 atom stereocenters. The van der Waals surface area contributed by atoms with Crippen molar-refractivity contribution in [2.45, 2.75) is 13.1 Å². The van der Waals surface area contributed by atoms with Crippen LogP contribution in [0.15, 0.2) is 84.9 Å². The molecule has 27 heavy (non-hydrogen) atoms. The van der Waals surface area contributed by atoms with Gasteiger partial charge in [-0.15, -0.1) is 0 Å². The first-order valence-electron chi connectivity index (χ1n) is 8.98. The Morgan fingerprint density at radius 2 is 1.30 bits per heavy atom. The molecule has 0 heterocycles. The summed E-state index contributed by atoms with van der Waals surface area (Å²) in [4.78, 5) is 13.6. The average molecular weight is 361 g/mol. The largest absolute Gasteiger partial charge is 0.491 e. The van der Waals surface area contributed by atoms with Gasteiger partial charge in [0.1, 0.15) is 17.9 Å². The monoisotopic (exact) mass is 361 g/mol. The van der Waals surface area contributed by atoms with Gasteiger partial charge in [-0.25, -0.2) is 4.79 Å². The summed E-state index contributed by atoms with van der Waals surface area (Å²) in [5.41, 5.74) is 2.66. The summed E-state index contributed by atoms with van der Waals surface area (Å²) >= 11 is 0. The molecular weight excluding hydrogens is 338 g/mol. The molecule has 1 N–H and O–H groups in total. The number of carbonyl (C=O) groups is 1. The predicted octanol–water partition coefficient (Wildman–Crippen LogP) is 4.47. The van der Waals surface area contributed by atoms with Crippen LogP contribution < -0.4 is 4.74 Å². The van der Waals surface area contributed by atoms with E-state index in [2.05, 4.69) is 29.2 Å². The number of ether oxygens (including phenoxy) is 1. The molecule has 3 aromatic rings. The van der Waals surface area contributed by atoms with E-state index < -0.39 is 5.97 Å². The molecule has 0 aliphatic carbocycles. The van der Waals surface area contributed by atoms with Gasteiger partial charge >= 0.3 is 5.97 Å². The van der Waals surface area contributed by atoms with E-state index in [1.165, 1.54) is 11.1 Å². The molecule has 0 aliphatic rings. The van der Waals surface area contributed by atoms with E-state index in [-0.39, 0.29) is 5.56 Å². The quantitative estimate of drug-likeness (QED) is 0.611. The van der Waals surface area contributed by atoms with Gasteiger partial charge in [0.2, 0.25) is 0 Å². The molecule has 4 heteroatoms. The molecule has 0 fully saturated rings. The van der Waals surface area contributed by atoms with Gasteiger partial charge in [-0.2, -0.15) is 0 Å². The van der Waals surface area contributed by atoms with Crippen molar-refractivity contribution >= 4 is 5.97 Å². The van der Waals surface area contributed by atoms with Gasteiger partial charge in [0.05, 0.1) is 0 Å². The normalized spacial score (nSPS) is 10.7. The Kier molecular flexibility index (Phi) is 6.61. The zero-order chi connectivity index (χ0) is 18.9. The minimum atomic E-state index is -0.976. The van der Waals surface area contributed by atoms with Gasteiger partial charge in [-0.05, 0) is 23.3 Å². The highest BCUT2D eigenvalue weighted by atomic mass is 16.5. The number of benzene rings is 3. The molecule has 0 aliphatic heterocycles. The zero-order valence-corrected chi connectivity index (χ0v) is 15.1. The average Bonchev–Trinajstić information content (AvgIpc) is 2.70. The number of carboxylic acid groups (broad SMARTS) is 1. The van der Waals surface area contributed by atoms with E-state index in [0.717, 1.165) is 13.1 Å². The SMILES string of the molecule is O=C(O)c1ccccc1OCCN(Cc1ccccc1)Cc1ccccc1. The Morgan fingerprint density at radius 3 is 1.85 bits per heavy atom. The van der Waals surface area contributed by atoms with Gasteiger partial charge in [-0.3, -0.25) is 4.90 Å². The maximum Gasteiger partial charge on any atom is 0.339 e. The summed E-state index contributed by atoms with van der Waals surface area (Å²) in [6, 6.07) is 27.4. The number of rotatable bonds is 9. The Bertz CT molecular complexity index is 808. The summed E-state index contributed by atoms with van der Waals surface area (Å²) in [6.07, 6.45) is 0. The number of hydrogen-bond donors (Lipinski definition) is 1. The van der Waals surface area contributed by atoms with Crippen LogP contribution in [0.5, 0.6) is 5.75 Å². The molecule has 0 saturated heterocycles. The van der Waals surface area contributed by atoms with Gasteiger partial charge in [0.15, 0.2) is 0 Å². The standard InChI is InChI=1S/C23H23NO3/c25-23(26)21-13-7-8-14-22(21)27-16-15-24(17-19-9-3-1-4-10-19)18-20-11-5-2-6-12-20/h1-14H,15-18H2,(H,25,26). The van der Waals surface area contributed by atoms with Crippen LogP contribution >= 0.6 is 0 Å². The van der Waals surface area contributed by atoms with Crippen molar-refractivity contribution < 1.29 is 14.6 Å². The lowest BCUT2D eigenvalue weighted by Gasteiger charge is -2.23. The minimum absolute atomic E-state index is 0.190. The van der Waals surface area contributed by atoms with Crippen molar-refractivity contribution in [3.63, 3.8) is 0 Å². The zero-order valence-electron chi connectivity index (χ0n) is 15.1. The molecule has 0 amide bonds. The molecule has 0 aromatic heterocycles. The fourth-order valence-corrected chi connectivity index (χ4v) is 2.95. The molecule has 3 aromatic carbocycles. The fraction of sp³-hybridized carbons (Fsp3) is 0.174. The van der Waals surface area contributed by atoms with Gasteiger partial charge in [0.25, 0.3) is 0 Å². The number of hydrogen-bond acceptors (Lipinski definition) is 3. The van der Waals surface area contributed by atoms with Gasteiger partial charge < -0.3 is 9.84 Å². The van der Waals surface area contributed by atoms with E-state index in [9.17, 15) is 9.90 Å². The minimum Gasteiger partial charge on any atom is -0.491 e. The topological polar surface area (TPSA) is 49.8 Å². The van der Waals surface area contributed by atoms with Crippen LogP contribution in [0.3, 0.4) is 0 Å². The molecule has 3 rings (SSSR count). The molecular formula is C23H23NO3. The lowest BCUT2D eigenvalue weighted by Crippen LogP contribution is -2.28. The van der Waals surface area contributed by atoms with Crippen LogP contribution in [0.4, 0.5) is 0 Å². The Morgan fingerprint density at radius 1 is 0.778 bits per heavy atom. The third-order valence-electron chi connectivity index (χ3n) is 4.28. The Labute approximate surface area is 159 Å². The molecule has 0 bridgehead atoms. The number of aromatic carboxylic acids is 1. The second-order valence-corrected chi connectivity index (χ2v) is 6.33. The first kappa shape index (κ1) is 18.7. The summed E-state index contributed by atoms with van der Waals surface area (Å²) in [7, 11) is 0. The first-order valence-corrected chi connectivity index (χ1v) is 8.98. The molecule has 4 nitrogen and oxygen atoms in total. The number of para-hydroxylation sites is 1. The van der Waals surface area contributed by atoms with Crippen LogP contribution in [-0.4, -0.2) is 29.1 Å². The highest BCUT2D eigenvalue weighted by Gasteiger charge is 2.12. The van der Waals surface area contributed by atoms with Crippen LogP contribution in [0, 0.1) is 0 Å². The van der Waals surface area contributed by atoms with E-state index in [0.29, 0.717) is 18.9 Å². The number of nitrogens with zero attached hydrogens (tertiary/aromatic N) is 1. The van der Waals surface area contributed by atoms with Crippen molar-refractivity contribution in [2.75, 3.05) is 13.2 Å². The molecule has 0 saturated carbocycles. The lowest BCUT2D eigenvalue weighted by molar-refractivity contribution is 0.0691. The second-order valence-electron chi connectivity index (χ2n) is 6.33. The highest BCUT2D eigenvalue weighted by Crippen LogP contribution is 2.18.